The fourth-order valence-electron chi connectivity index (χ4n) is 2.20. The summed E-state index contributed by atoms with van der Waals surface area (Å²) in [7, 11) is 0. The summed E-state index contributed by atoms with van der Waals surface area (Å²) in [6, 6.07) is 6.73. The summed E-state index contributed by atoms with van der Waals surface area (Å²) in [5.41, 5.74) is 8.19. The van der Waals surface area contributed by atoms with E-state index in [0.29, 0.717) is 11.6 Å². The Morgan fingerprint density at radius 1 is 1.39 bits per heavy atom. The van der Waals surface area contributed by atoms with Crippen LogP contribution in [0.4, 0.5) is 4.39 Å². The molecular formula is C14H16FN3. The number of para-hydroxylation sites is 1. The van der Waals surface area contributed by atoms with Crippen LogP contribution in [0.3, 0.4) is 0 Å². The molecular weight excluding hydrogens is 229 g/mol. The van der Waals surface area contributed by atoms with Gasteiger partial charge in [-0.2, -0.15) is 5.10 Å². The summed E-state index contributed by atoms with van der Waals surface area (Å²) in [6.45, 7) is 1.85. The Bertz CT molecular complexity index is 570. The maximum Gasteiger partial charge on any atom is 0.149 e. The van der Waals surface area contributed by atoms with E-state index in [4.69, 9.17) is 5.73 Å². The van der Waals surface area contributed by atoms with Crippen LogP contribution >= 0.6 is 0 Å². The van der Waals surface area contributed by atoms with E-state index in [-0.39, 0.29) is 11.9 Å². The Morgan fingerprint density at radius 3 is 2.83 bits per heavy atom. The first-order valence-electron chi connectivity index (χ1n) is 6.26. The van der Waals surface area contributed by atoms with Crippen molar-refractivity contribution in [1.82, 2.24) is 9.78 Å². The van der Waals surface area contributed by atoms with Crippen molar-refractivity contribution in [3.8, 4) is 5.69 Å². The molecule has 1 aliphatic carbocycles. The largest absolute Gasteiger partial charge is 0.324 e. The highest BCUT2D eigenvalue weighted by molar-refractivity contribution is 5.43. The lowest BCUT2D eigenvalue weighted by Crippen LogP contribution is -2.12. The van der Waals surface area contributed by atoms with Gasteiger partial charge in [0.2, 0.25) is 0 Å². The maximum absolute atomic E-state index is 14.0. The van der Waals surface area contributed by atoms with Gasteiger partial charge in [0.05, 0.1) is 5.69 Å². The molecule has 0 radical (unpaired) electrons. The molecule has 2 N–H and O–H groups in total. The van der Waals surface area contributed by atoms with E-state index in [0.717, 1.165) is 11.3 Å². The predicted molar refractivity (Wildman–Crippen MR) is 68.1 cm³/mol. The number of aromatic nitrogens is 2. The average Bonchev–Trinajstić information content (AvgIpc) is 3.08. The van der Waals surface area contributed by atoms with Gasteiger partial charge >= 0.3 is 0 Å². The zero-order valence-corrected chi connectivity index (χ0v) is 10.3. The standard InChI is InChI=1S/C14H16FN3/c1-9(16)11-3-2-4-12(15)14(11)18-8-7-13(17-18)10-5-6-10/h2-4,7-10H,5-6,16H2,1H3. The van der Waals surface area contributed by atoms with Crippen LogP contribution in [0.2, 0.25) is 0 Å². The highest BCUT2D eigenvalue weighted by Gasteiger charge is 2.26. The Labute approximate surface area is 105 Å². The second kappa shape index (κ2) is 4.21. The number of rotatable bonds is 3. The van der Waals surface area contributed by atoms with Gasteiger partial charge in [0.15, 0.2) is 0 Å². The van der Waals surface area contributed by atoms with Gasteiger partial charge in [-0.15, -0.1) is 0 Å². The first-order chi connectivity index (χ1) is 8.66. The number of hydrogen-bond acceptors (Lipinski definition) is 2. The van der Waals surface area contributed by atoms with Crippen LogP contribution in [-0.2, 0) is 0 Å². The highest BCUT2D eigenvalue weighted by Crippen LogP contribution is 2.39. The average molecular weight is 245 g/mol. The Morgan fingerprint density at radius 2 is 2.17 bits per heavy atom. The molecule has 1 unspecified atom stereocenters. The molecule has 1 aromatic heterocycles. The minimum Gasteiger partial charge on any atom is -0.324 e. The zero-order valence-electron chi connectivity index (χ0n) is 10.3. The molecule has 4 heteroatoms. The molecule has 1 heterocycles. The molecule has 0 spiro atoms. The highest BCUT2D eigenvalue weighted by atomic mass is 19.1. The molecule has 1 atom stereocenters. The molecule has 0 bridgehead atoms. The van der Waals surface area contributed by atoms with Crippen molar-refractivity contribution in [1.29, 1.82) is 0 Å². The van der Waals surface area contributed by atoms with E-state index < -0.39 is 0 Å². The van der Waals surface area contributed by atoms with Gasteiger partial charge in [-0.25, -0.2) is 9.07 Å². The molecule has 1 fully saturated rings. The van der Waals surface area contributed by atoms with Crippen molar-refractivity contribution < 1.29 is 4.39 Å². The number of halogens is 1. The fourth-order valence-corrected chi connectivity index (χ4v) is 2.20. The van der Waals surface area contributed by atoms with Crippen LogP contribution in [-0.4, -0.2) is 9.78 Å². The van der Waals surface area contributed by atoms with E-state index in [1.165, 1.54) is 18.9 Å². The summed E-state index contributed by atoms with van der Waals surface area (Å²) in [5, 5.41) is 4.47. The van der Waals surface area contributed by atoms with Crippen LogP contribution < -0.4 is 5.73 Å². The maximum atomic E-state index is 14.0. The van der Waals surface area contributed by atoms with Gasteiger partial charge in [-0.3, -0.25) is 0 Å². The smallest absolute Gasteiger partial charge is 0.149 e. The quantitative estimate of drug-likeness (QED) is 0.903. The summed E-state index contributed by atoms with van der Waals surface area (Å²) >= 11 is 0. The normalized spacial score (nSPS) is 16.8. The van der Waals surface area contributed by atoms with Crippen LogP contribution in [0.15, 0.2) is 30.5 Å². The molecule has 18 heavy (non-hydrogen) atoms. The van der Waals surface area contributed by atoms with Gasteiger partial charge < -0.3 is 5.73 Å². The van der Waals surface area contributed by atoms with Gasteiger partial charge in [0, 0.05) is 18.2 Å². The number of nitrogens with zero attached hydrogens (tertiary/aromatic N) is 2. The molecule has 1 aliphatic rings. The third kappa shape index (κ3) is 1.93. The molecule has 3 nitrogen and oxygen atoms in total. The lowest BCUT2D eigenvalue weighted by atomic mass is 10.1. The first-order valence-corrected chi connectivity index (χ1v) is 6.26. The summed E-state index contributed by atoms with van der Waals surface area (Å²) in [5.74, 6) is 0.284. The lowest BCUT2D eigenvalue weighted by molar-refractivity contribution is 0.601. The van der Waals surface area contributed by atoms with E-state index in [2.05, 4.69) is 5.10 Å². The summed E-state index contributed by atoms with van der Waals surface area (Å²) in [6.07, 6.45) is 4.20. The number of hydrogen-bond donors (Lipinski definition) is 1. The second-order valence-corrected chi connectivity index (χ2v) is 4.93. The number of benzene rings is 1. The van der Waals surface area contributed by atoms with Crippen LogP contribution in [0.5, 0.6) is 0 Å². The minimum atomic E-state index is -0.282. The molecule has 2 aromatic rings. The lowest BCUT2D eigenvalue weighted by Gasteiger charge is -2.13. The number of nitrogens with two attached hydrogens (primary N) is 1. The Hall–Kier alpha value is -1.68. The van der Waals surface area contributed by atoms with E-state index in [9.17, 15) is 4.39 Å². The molecule has 1 aromatic carbocycles. The molecule has 3 rings (SSSR count). The van der Waals surface area contributed by atoms with Crippen molar-refractivity contribution in [3.05, 3.63) is 47.5 Å². The SMILES string of the molecule is CC(N)c1cccc(F)c1-n1ccc(C2CC2)n1. The van der Waals surface area contributed by atoms with Crippen LogP contribution in [0, 0.1) is 5.82 Å². The molecule has 0 aliphatic heterocycles. The van der Waals surface area contributed by atoms with E-state index in [1.54, 1.807) is 10.7 Å². The molecule has 0 amide bonds. The fraction of sp³-hybridized carbons (Fsp3) is 0.357. The molecule has 0 saturated heterocycles. The molecule has 94 valence electrons. The van der Waals surface area contributed by atoms with Gasteiger partial charge in [0.1, 0.15) is 11.5 Å². The monoisotopic (exact) mass is 245 g/mol. The van der Waals surface area contributed by atoms with Crippen molar-refractivity contribution in [2.45, 2.75) is 31.7 Å². The van der Waals surface area contributed by atoms with Gasteiger partial charge in [-0.05, 0) is 37.5 Å². The van der Waals surface area contributed by atoms with Crippen molar-refractivity contribution in [2.75, 3.05) is 0 Å². The Balaban J connectivity index is 2.08. The predicted octanol–water partition coefficient (Wildman–Crippen LogP) is 2.91. The summed E-state index contributed by atoms with van der Waals surface area (Å²) in [4.78, 5) is 0. The third-order valence-electron chi connectivity index (χ3n) is 3.34. The van der Waals surface area contributed by atoms with Crippen LogP contribution in [0.25, 0.3) is 5.69 Å². The van der Waals surface area contributed by atoms with E-state index in [1.807, 2.05) is 25.3 Å². The Kier molecular flexibility index (Phi) is 2.67. The van der Waals surface area contributed by atoms with E-state index >= 15 is 0 Å². The van der Waals surface area contributed by atoms with Gasteiger partial charge in [-0.1, -0.05) is 12.1 Å². The topological polar surface area (TPSA) is 43.8 Å². The van der Waals surface area contributed by atoms with Crippen LogP contribution in [0.1, 0.15) is 43.0 Å². The van der Waals surface area contributed by atoms with Crippen molar-refractivity contribution in [2.24, 2.45) is 5.73 Å². The van der Waals surface area contributed by atoms with Crippen molar-refractivity contribution in [3.63, 3.8) is 0 Å². The van der Waals surface area contributed by atoms with Crippen molar-refractivity contribution >= 4 is 0 Å². The molecule has 1 saturated carbocycles. The zero-order chi connectivity index (χ0) is 12.7. The second-order valence-electron chi connectivity index (χ2n) is 4.93. The third-order valence-corrected chi connectivity index (χ3v) is 3.34. The first kappa shape index (κ1) is 11.4. The summed E-state index contributed by atoms with van der Waals surface area (Å²) < 4.78 is 15.6. The van der Waals surface area contributed by atoms with Gasteiger partial charge in [0.25, 0.3) is 0 Å². The minimum absolute atomic E-state index is 0.218.